The molecular formula is C25H23F4NO3. The number of phenols is 1. The van der Waals surface area contributed by atoms with E-state index >= 15 is 0 Å². The highest BCUT2D eigenvalue weighted by Crippen LogP contribution is 2.44. The second-order valence-corrected chi connectivity index (χ2v) is 8.48. The molecule has 3 aromatic carbocycles. The maximum absolute atomic E-state index is 14.0. The molecule has 1 atom stereocenters. The zero-order chi connectivity index (χ0) is 24.4. The molecule has 1 unspecified atom stereocenters. The number of rotatable bonds is 6. The van der Waals surface area contributed by atoms with E-state index in [1.807, 2.05) is 6.07 Å². The van der Waals surface area contributed by atoms with Gasteiger partial charge in [-0.05, 0) is 46.9 Å². The number of phenolic OH excluding ortho intramolecular Hbond substituents is 1. The highest BCUT2D eigenvalue weighted by atomic mass is 19.4. The molecule has 33 heavy (non-hydrogen) atoms. The topological polar surface area (TPSA) is 69.6 Å². The van der Waals surface area contributed by atoms with Gasteiger partial charge in [-0.1, -0.05) is 56.3 Å². The number of aromatic hydroxyl groups is 1. The highest BCUT2D eigenvalue weighted by molar-refractivity contribution is 5.98. The number of aliphatic hydroxyl groups is 1. The molecule has 4 nitrogen and oxygen atoms in total. The van der Waals surface area contributed by atoms with Crippen molar-refractivity contribution < 1.29 is 32.6 Å². The van der Waals surface area contributed by atoms with Gasteiger partial charge in [-0.3, -0.25) is 4.79 Å². The highest BCUT2D eigenvalue weighted by Gasteiger charge is 2.61. The van der Waals surface area contributed by atoms with Gasteiger partial charge in [0.25, 0.3) is 5.91 Å². The third-order valence-corrected chi connectivity index (χ3v) is 5.46. The lowest BCUT2D eigenvalue weighted by Crippen LogP contribution is -2.57. The Labute approximate surface area is 188 Å². The van der Waals surface area contributed by atoms with Crippen molar-refractivity contribution in [2.75, 3.05) is 5.32 Å². The van der Waals surface area contributed by atoms with Crippen LogP contribution in [0.3, 0.4) is 0 Å². The molecule has 0 heterocycles. The number of hydrogen-bond acceptors (Lipinski definition) is 3. The van der Waals surface area contributed by atoms with Gasteiger partial charge in [0.05, 0.1) is 0 Å². The van der Waals surface area contributed by atoms with E-state index in [-0.39, 0.29) is 11.3 Å². The van der Waals surface area contributed by atoms with Gasteiger partial charge in [0.15, 0.2) is 0 Å². The van der Waals surface area contributed by atoms with Crippen LogP contribution in [-0.4, -0.2) is 27.9 Å². The molecule has 1 amide bonds. The molecule has 3 rings (SSSR count). The summed E-state index contributed by atoms with van der Waals surface area (Å²) >= 11 is 0. The Morgan fingerprint density at radius 2 is 1.55 bits per heavy atom. The lowest BCUT2D eigenvalue weighted by atomic mass is 9.74. The van der Waals surface area contributed by atoms with Crippen LogP contribution in [0.2, 0.25) is 0 Å². The molecule has 0 fully saturated rings. The Balaban J connectivity index is 1.93. The summed E-state index contributed by atoms with van der Waals surface area (Å²) in [6.07, 6.45) is -6.49. The molecule has 0 bridgehead atoms. The van der Waals surface area contributed by atoms with E-state index < -0.39 is 41.1 Å². The fourth-order valence-electron chi connectivity index (χ4n) is 3.74. The fraction of sp³-hybridized carbons (Fsp3) is 0.240. The monoisotopic (exact) mass is 461 g/mol. The molecular weight excluding hydrogens is 438 g/mol. The second-order valence-electron chi connectivity index (χ2n) is 8.48. The van der Waals surface area contributed by atoms with Crippen molar-refractivity contribution >= 4 is 11.6 Å². The van der Waals surface area contributed by atoms with Crippen LogP contribution >= 0.6 is 0 Å². The number of amides is 1. The first kappa shape index (κ1) is 24.3. The van der Waals surface area contributed by atoms with E-state index in [1.165, 1.54) is 26.0 Å². The minimum Gasteiger partial charge on any atom is -0.508 e. The average Bonchev–Trinajstić information content (AvgIpc) is 2.75. The maximum Gasteiger partial charge on any atom is 0.426 e. The summed E-state index contributed by atoms with van der Waals surface area (Å²) in [5.74, 6) is -2.89. The number of carbonyl (C=O) groups is 1. The van der Waals surface area contributed by atoms with E-state index in [9.17, 15) is 32.6 Å². The Morgan fingerprint density at radius 1 is 0.909 bits per heavy atom. The third-order valence-electron chi connectivity index (χ3n) is 5.46. The van der Waals surface area contributed by atoms with E-state index in [2.05, 4.69) is 5.32 Å². The van der Waals surface area contributed by atoms with E-state index in [4.69, 9.17) is 0 Å². The van der Waals surface area contributed by atoms with Gasteiger partial charge in [0.1, 0.15) is 11.6 Å². The van der Waals surface area contributed by atoms with Gasteiger partial charge in [0, 0.05) is 17.7 Å². The summed E-state index contributed by atoms with van der Waals surface area (Å²) in [6, 6.07) is 18.1. The van der Waals surface area contributed by atoms with Crippen molar-refractivity contribution in [1.29, 1.82) is 0 Å². The summed E-state index contributed by atoms with van der Waals surface area (Å²) in [6.45, 7) is 2.56. The Hall–Kier alpha value is -3.39. The molecule has 0 saturated carbocycles. The molecule has 0 spiro atoms. The van der Waals surface area contributed by atoms with Crippen molar-refractivity contribution in [2.24, 2.45) is 0 Å². The molecule has 3 aromatic rings. The van der Waals surface area contributed by atoms with E-state index in [0.717, 1.165) is 23.8 Å². The Bertz CT molecular complexity index is 1150. The normalized spacial score (nSPS) is 13.9. The number of anilines is 1. The largest absolute Gasteiger partial charge is 0.508 e. The first-order valence-corrected chi connectivity index (χ1v) is 10.1. The van der Waals surface area contributed by atoms with Crippen molar-refractivity contribution in [3.05, 3.63) is 84.2 Å². The van der Waals surface area contributed by atoms with Crippen LogP contribution < -0.4 is 5.32 Å². The molecule has 0 saturated heterocycles. The Morgan fingerprint density at radius 3 is 2.18 bits per heavy atom. The summed E-state index contributed by atoms with van der Waals surface area (Å²) < 4.78 is 55.6. The van der Waals surface area contributed by atoms with E-state index in [1.54, 1.807) is 36.4 Å². The van der Waals surface area contributed by atoms with Crippen LogP contribution in [0.25, 0.3) is 11.1 Å². The predicted molar refractivity (Wildman–Crippen MR) is 117 cm³/mol. The molecule has 0 aliphatic heterocycles. The van der Waals surface area contributed by atoms with Crippen LogP contribution in [-0.2, 0) is 10.2 Å². The van der Waals surface area contributed by atoms with Crippen LogP contribution in [0, 0.1) is 5.82 Å². The van der Waals surface area contributed by atoms with Crippen LogP contribution in [0.5, 0.6) is 5.75 Å². The number of alkyl halides is 3. The smallest absolute Gasteiger partial charge is 0.426 e. The lowest BCUT2D eigenvalue weighted by molar-refractivity contribution is -0.254. The SMILES string of the molecule is CC(C)(CC(O)(C(=O)Nc1cccc(-c2ccccc2)c1)C(F)(F)F)c1cc(F)ccc1O. The van der Waals surface area contributed by atoms with Gasteiger partial charge in [-0.2, -0.15) is 13.2 Å². The quantitative estimate of drug-likeness (QED) is 0.407. The summed E-state index contributed by atoms with van der Waals surface area (Å²) in [4.78, 5) is 12.8. The minimum absolute atomic E-state index is 0.0652. The minimum atomic E-state index is -5.34. The number of halogens is 4. The average molecular weight is 461 g/mol. The van der Waals surface area contributed by atoms with Crippen molar-refractivity contribution in [1.82, 2.24) is 0 Å². The standard InChI is InChI=1S/C25H23F4NO3/c1-23(2,20-14-18(26)11-12-21(20)31)15-24(33,25(27,28)29)22(32)30-19-10-6-9-17(13-19)16-7-4-3-5-8-16/h3-14,31,33H,15H2,1-2H3,(H,30,32). The maximum atomic E-state index is 14.0. The van der Waals surface area contributed by atoms with Gasteiger partial charge in [-0.25, -0.2) is 4.39 Å². The summed E-state index contributed by atoms with van der Waals surface area (Å²) in [7, 11) is 0. The van der Waals surface area contributed by atoms with Crippen LogP contribution in [0.15, 0.2) is 72.8 Å². The number of hydrogen-bond donors (Lipinski definition) is 3. The lowest BCUT2D eigenvalue weighted by Gasteiger charge is -2.37. The third kappa shape index (κ3) is 5.17. The number of benzene rings is 3. The molecule has 0 aliphatic rings. The van der Waals surface area contributed by atoms with E-state index in [0.29, 0.717) is 5.56 Å². The van der Waals surface area contributed by atoms with Gasteiger partial charge < -0.3 is 15.5 Å². The fourth-order valence-corrected chi connectivity index (χ4v) is 3.74. The molecule has 8 heteroatoms. The van der Waals surface area contributed by atoms with Gasteiger partial charge in [-0.15, -0.1) is 0 Å². The number of nitrogens with one attached hydrogen (secondary N) is 1. The molecule has 0 aromatic heterocycles. The summed E-state index contributed by atoms with van der Waals surface area (Å²) in [5, 5.41) is 22.8. The zero-order valence-electron chi connectivity index (χ0n) is 17.9. The number of carbonyl (C=O) groups excluding carboxylic acids is 1. The van der Waals surface area contributed by atoms with Crippen molar-refractivity contribution in [3.63, 3.8) is 0 Å². The van der Waals surface area contributed by atoms with Gasteiger partial charge in [0.2, 0.25) is 5.60 Å². The molecule has 174 valence electrons. The van der Waals surface area contributed by atoms with Crippen LogP contribution in [0.1, 0.15) is 25.8 Å². The van der Waals surface area contributed by atoms with Gasteiger partial charge >= 0.3 is 6.18 Å². The molecule has 0 aliphatic carbocycles. The van der Waals surface area contributed by atoms with Crippen LogP contribution in [0.4, 0.5) is 23.2 Å². The van der Waals surface area contributed by atoms with Crippen molar-refractivity contribution in [2.45, 2.75) is 37.5 Å². The second kappa shape index (κ2) is 8.86. The zero-order valence-corrected chi connectivity index (χ0v) is 17.9. The van der Waals surface area contributed by atoms with Crippen molar-refractivity contribution in [3.8, 4) is 16.9 Å². The first-order valence-electron chi connectivity index (χ1n) is 10.1. The predicted octanol–water partition coefficient (Wildman–Crippen LogP) is 5.80. The summed E-state index contributed by atoms with van der Waals surface area (Å²) in [5.41, 5.74) is -4.06. The molecule has 0 radical (unpaired) electrons. The molecule has 3 N–H and O–H groups in total. The Kier molecular flexibility index (Phi) is 6.51. The first-order chi connectivity index (χ1) is 15.3.